The highest BCUT2D eigenvalue weighted by atomic mass is 35.5. The van der Waals surface area contributed by atoms with E-state index in [-0.39, 0.29) is 5.91 Å². The van der Waals surface area contributed by atoms with Gasteiger partial charge in [0, 0.05) is 34.9 Å². The molecule has 0 unspecified atom stereocenters. The normalized spacial score (nSPS) is 11.4. The molecule has 2 aromatic carbocycles. The van der Waals surface area contributed by atoms with Crippen LogP contribution in [0.25, 0.3) is 10.9 Å². The third-order valence-corrected chi connectivity index (χ3v) is 5.50. The molecule has 0 spiro atoms. The first-order valence-corrected chi connectivity index (χ1v) is 11.2. The summed E-state index contributed by atoms with van der Waals surface area (Å²) in [5, 5.41) is 5.79. The van der Waals surface area contributed by atoms with Gasteiger partial charge < -0.3 is 4.57 Å². The zero-order chi connectivity index (χ0) is 21.2. The van der Waals surface area contributed by atoms with Crippen molar-refractivity contribution in [1.29, 1.82) is 0 Å². The van der Waals surface area contributed by atoms with Crippen LogP contribution in [0.4, 0.5) is 0 Å². The molecule has 0 radical (unpaired) electrons. The van der Waals surface area contributed by atoms with Gasteiger partial charge in [0.15, 0.2) is 0 Å². The third-order valence-electron chi connectivity index (χ3n) is 5.24. The van der Waals surface area contributed by atoms with Gasteiger partial charge in [-0.1, -0.05) is 81.0 Å². The van der Waals surface area contributed by atoms with Gasteiger partial charge in [0.2, 0.25) is 0 Å². The Balaban J connectivity index is 1.60. The van der Waals surface area contributed by atoms with Crippen molar-refractivity contribution in [1.82, 2.24) is 9.99 Å². The maximum absolute atomic E-state index is 12.7. The van der Waals surface area contributed by atoms with Gasteiger partial charge >= 0.3 is 0 Å². The van der Waals surface area contributed by atoms with Crippen molar-refractivity contribution in [3.8, 4) is 0 Å². The summed E-state index contributed by atoms with van der Waals surface area (Å²) in [5.74, 6) is -0.180. The molecule has 1 aromatic heterocycles. The van der Waals surface area contributed by atoms with Gasteiger partial charge in [-0.3, -0.25) is 4.79 Å². The second-order valence-electron chi connectivity index (χ2n) is 7.62. The van der Waals surface area contributed by atoms with E-state index in [2.05, 4.69) is 22.0 Å². The van der Waals surface area contributed by atoms with E-state index in [0.29, 0.717) is 12.1 Å². The number of unbranched alkanes of at least 4 members (excludes halogenated alkanes) is 6. The lowest BCUT2D eigenvalue weighted by molar-refractivity contribution is 0.0956. The molecule has 3 aromatic rings. The molecular formula is C25H30ClN3O. The Morgan fingerprint density at radius 2 is 1.77 bits per heavy atom. The Kier molecular flexibility index (Phi) is 8.52. The predicted octanol–water partition coefficient (Wildman–Crippen LogP) is 6.81. The summed E-state index contributed by atoms with van der Waals surface area (Å²) in [7, 11) is 0. The number of benzene rings is 2. The molecule has 1 N–H and O–H groups in total. The van der Waals surface area contributed by atoms with Crippen LogP contribution in [0.2, 0.25) is 5.02 Å². The highest BCUT2D eigenvalue weighted by molar-refractivity contribution is 6.30. The number of nitrogens with one attached hydrogen (secondary N) is 1. The van der Waals surface area contributed by atoms with Crippen molar-refractivity contribution >= 4 is 34.6 Å². The molecule has 0 saturated heterocycles. The van der Waals surface area contributed by atoms with Crippen LogP contribution in [0.5, 0.6) is 0 Å². The Morgan fingerprint density at radius 3 is 2.57 bits per heavy atom. The fourth-order valence-electron chi connectivity index (χ4n) is 3.59. The topological polar surface area (TPSA) is 46.4 Å². The summed E-state index contributed by atoms with van der Waals surface area (Å²) in [6.07, 6.45) is 12.1. The zero-order valence-electron chi connectivity index (χ0n) is 17.6. The van der Waals surface area contributed by atoms with Gasteiger partial charge in [0.1, 0.15) is 0 Å². The lowest BCUT2D eigenvalue weighted by atomic mass is 10.1. The quantitative estimate of drug-likeness (QED) is 0.205. The van der Waals surface area contributed by atoms with Crippen LogP contribution in [0.1, 0.15) is 67.8 Å². The van der Waals surface area contributed by atoms with E-state index in [9.17, 15) is 4.79 Å². The monoisotopic (exact) mass is 423 g/mol. The molecule has 4 nitrogen and oxygen atoms in total. The number of rotatable bonds is 11. The third kappa shape index (κ3) is 6.20. The summed E-state index contributed by atoms with van der Waals surface area (Å²) < 4.78 is 2.09. The molecule has 0 fully saturated rings. The van der Waals surface area contributed by atoms with E-state index in [1.54, 1.807) is 0 Å². The number of fused-ring (bicyclic) bond motifs is 1. The second kappa shape index (κ2) is 11.6. The highest BCUT2D eigenvalue weighted by Gasteiger charge is 2.14. The number of hydrogen-bond acceptors (Lipinski definition) is 2. The summed E-state index contributed by atoms with van der Waals surface area (Å²) >= 11 is 5.99. The summed E-state index contributed by atoms with van der Waals surface area (Å²) in [6, 6.07) is 15.7. The zero-order valence-corrected chi connectivity index (χ0v) is 18.4. The molecule has 0 saturated carbocycles. The Hall–Kier alpha value is -2.59. The second-order valence-corrected chi connectivity index (χ2v) is 8.06. The average molecular weight is 424 g/mol. The molecule has 0 aliphatic rings. The van der Waals surface area contributed by atoms with E-state index in [0.717, 1.165) is 34.3 Å². The molecule has 0 bridgehead atoms. The molecule has 0 aliphatic carbocycles. The number of hydrazone groups is 1. The number of nitrogens with zero attached hydrogens (tertiary/aromatic N) is 2. The van der Waals surface area contributed by atoms with Crippen molar-refractivity contribution < 1.29 is 4.79 Å². The first kappa shape index (κ1) is 22.1. The maximum Gasteiger partial charge on any atom is 0.273 e. The highest BCUT2D eigenvalue weighted by Crippen LogP contribution is 2.23. The fraction of sp³-hybridized carbons (Fsp3) is 0.360. The molecule has 1 heterocycles. The number of carbonyl (C=O) groups is 1. The van der Waals surface area contributed by atoms with Gasteiger partial charge in [0.25, 0.3) is 5.91 Å². The number of hydrogen-bond donors (Lipinski definition) is 1. The van der Waals surface area contributed by atoms with Crippen molar-refractivity contribution in [2.45, 2.75) is 58.4 Å². The first-order valence-electron chi connectivity index (χ1n) is 10.8. The number of halogens is 1. The van der Waals surface area contributed by atoms with Gasteiger partial charge in [-0.05, 0) is 36.6 Å². The molecule has 3 rings (SSSR count). The van der Waals surface area contributed by atoms with Gasteiger partial charge in [-0.2, -0.15) is 5.10 Å². The Bertz CT molecular complexity index is 976. The van der Waals surface area contributed by atoms with Crippen LogP contribution in [0.15, 0.2) is 59.8 Å². The van der Waals surface area contributed by atoms with Gasteiger partial charge in [0.05, 0.1) is 5.56 Å². The molecule has 1 amide bonds. The smallest absolute Gasteiger partial charge is 0.273 e. The largest absolute Gasteiger partial charge is 0.342 e. The summed E-state index contributed by atoms with van der Waals surface area (Å²) in [5.41, 5.74) is 5.47. The minimum atomic E-state index is -0.180. The van der Waals surface area contributed by atoms with Crippen molar-refractivity contribution in [2.75, 3.05) is 0 Å². The molecular weight excluding hydrogens is 394 g/mol. The maximum atomic E-state index is 12.7. The molecule has 30 heavy (non-hydrogen) atoms. The summed E-state index contributed by atoms with van der Waals surface area (Å²) in [6.45, 7) is 2.90. The van der Waals surface area contributed by atoms with Crippen molar-refractivity contribution in [2.24, 2.45) is 5.10 Å². The minimum Gasteiger partial charge on any atom is -0.342 e. The van der Waals surface area contributed by atoms with Crippen LogP contribution in [0, 0.1) is 0 Å². The van der Waals surface area contributed by atoms with E-state index in [1.165, 1.54) is 32.1 Å². The predicted molar refractivity (Wildman–Crippen MR) is 126 cm³/mol. The Labute approximate surface area is 183 Å². The number of carbonyl (C=O) groups excluding carboxylic acids is 1. The van der Waals surface area contributed by atoms with Crippen LogP contribution < -0.4 is 5.43 Å². The van der Waals surface area contributed by atoms with E-state index < -0.39 is 0 Å². The van der Waals surface area contributed by atoms with Crippen molar-refractivity contribution in [3.63, 3.8) is 0 Å². The number of para-hydroxylation sites is 1. The van der Waals surface area contributed by atoms with E-state index >= 15 is 0 Å². The van der Waals surface area contributed by atoms with Gasteiger partial charge in [-0.25, -0.2) is 5.43 Å². The fourth-order valence-corrected chi connectivity index (χ4v) is 3.72. The van der Waals surface area contributed by atoms with E-state index in [1.807, 2.05) is 60.9 Å². The SMILES string of the molecule is CCCCCCCC/C=N/NC(=O)c1cn(Cc2ccc(Cl)cc2)c2ccccc12. The molecule has 5 heteroatoms. The number of aromatic nitrogens is 1. The lowest BCUT2D eigenvalue weighted by Crippen LogP contribution is -2.17. The standard InChI is InChI=1S/C25H30ClN3O/c1-2-3-4-5-6-7-10-17-27-28-25(30)23-19-29(24-12-9-8-11-22(23)24)18-20-13-15-21(26)16-14-20/h8-9,11-17,19H,2-7,10,18H2,1H3,(H,28,30)/b27-17+. The lowest BCUT2D eigenvalue weighted by Gasteiger charge is -2.05. The van der Waals surface area contributed by atoms with Crippen LogP contribution in [-0.4, -0.2) is 16.7 Å². The molecule has 158 valence electrons. The van der Waals surface area contributed by atoms with Gasteiger partial charge in [-0.15, -0.1) is 0 Å². The molecule has 0 aliphatic heterocycles. The minimum absolute atomic E-state index is 0.180. The van der Waals surface area contributed by atoms with E-state index in [4.69, 9.17) is 11.6 Å². The van der Waals surface area contributed by atoms with Crippen LogP contribution in [-0.2, 0) is 6.54 Å². The van der Waals surface area contributed by atoms with Crippen LogP contribution >= 0.6 is 11.6 Å². The number of amides is 1. The Morgan fingerprint density at radius 1 is 1.03 bits per heavy atom. The molecule has 0 atom stereocenters. The first-order chi connectivity index (χ1) is 14.7. The average Bonchev–Trinajstić information content (AvgIpc) is 3.13. The van der Waals surface area contributed by atoms with Crippen molar-refractivity contribution in [3.05, 3.63) is 70.9 Å². The van der Waals surface area contributed by atoms with Crippen LogP contribution in [0.3, 0.4) is 0 Å². The summed E-state index contributed by atoms with van der Waals surface area (Å²) in [4.78, 5) is 12.7.